The zero-order valence-electron chi connectivity index (χ0n) is 20.4. The van der Waals surface area contributed by atoms with Crippen LogP contribution in [0, 0.1) is 0 Å². The number of hydrogen-bond donors (Lipinski definition) is 1. The fourth-order valence-electron chi connectivity index (χ4n) is 5.26. The van der Waals surface area contributed by atoms with Gasteiger partial charge in [0.1, 0.15) is 17.8 Å². The first kappa shape index (κ1) is 25.4. The highest BCUT2D eigenvalue weighted by Crippen LogP contribution is 2.46. The number of allylic oxidation sites excluding steroid dienone is 1. The van der Waals surface area contributed by atoms with Crippen molar-refractivity contribution in [3.8, 4) is 0 Å². The van der Waals surface area contributed by atoms with E-state index in [1.54, 1.807) is 0 Å². The van der Waals surface area contributed by atoms with Gasteiger partial charge in [-0.25, -0.2) is 0 Å². The lowest BCUT2D eigenvalue weighted by atomic mass is 9.79. The van der Waals surface area contributed by atoms with Gasteiger partial charge in [-0.1, -0.05) is 32.9 Å². The van der Waals surface area contributed by atoms with E-state index in [2.05, 4.69) is 32.2 Å². The number of esters is 1. The first-order chi connectivity index (χ1) is 15.2. The van der Waals surface area contributed by atoms with Gasteiger partial charge < -0.3 is 24.0 Å². The van der Waals surface area contributed by atoms with Crippen molar-refractivity contribution < 1.29 is 28.2 Å². The highest BCUT2D eigenvalue weighted by molar-refractivity contribution is 6.73. The summed E-state index contributed by atoms with van der Waals surface area (Å²) in [7, 11) is -2.16. The van der Waals surface area contributed by atoms with Gasteiger partial charge in [0.15, 0.2) is 14.1 Å². The second-order valence-electron chi connectivity index (χ2n) is 9.84. The maximum atomic E-state index is 13.7. The van der Waals surface area contributed by atoms with E-state index in [9.17, 15) is 9.59 Å². The summed E-state index contributed by atoms with van der Waals surface area (Å²) in [5.74, 6) is -1.18. The van der Waals surface area contributed by atoms with E-state index in [1.807, 2.05) is 19.9 Å². The van der Waals surface area contributed by atoms with Gasteiger partial charge in [-0.05, 0) is 51.2 Å². The summed E-state index contributed by atoms with van der Waals surface area (Å²) in [6.07, 6.45) is 6.32. The van der Waals surface area contributed by atoms with E-state index in [-0.39, 0.29) is 18.0 Å². The third-order valence-corrected chi connectivity index (χ3v) is 11.9. The molecule has 1 unspecified atom stereocenters. The molecule has 182 valence electrons. The van der Waals surface area contributed by atoms with Crippen LogP contribution in [-0.2, 0) is 28.2 Å². The van der Waals surface area contributed by atoms with Crippen molar-refractivity contribution in [2.45, 2.75) is 121 Å². The van der Waals surface area contributed by atoms with Crippen LogP contribution < -0.4 is 5.32 Å². The Morgan fingerprint density at radius 3 is 2.41 bits per heavy atom. The molecule has 0 aromatic rings. The van der Waals surface area contributed by atoms with E-state index in [0.29, 0.717) is 25.8 Å². The molecule has 2 fully saturated rings. The summed E-state index contributed by atoms with van der Waals surface area (Å²) in [5, 5.41) is 3.07. The Hall–Kier alpha value is -1.22. The third kappa shape index (κ3) is 5.63. The van der Waals surface area contributed by atoms with Gasteiger partial charge >= 0.3 is 5.97 Å². The van der Waals surface area contributed by atoms with E-state index in [0.717, 1.165) is 37.4 Å². The van der Waals surface area contributed by atoms with Crippen LogP contribution in [0.2, 0.25) is 18.1 Å². The molecule has 2 bridgehead atoms. The molecule has 8 heteroatoms. The van der Waals surface area contributed by atoms with E-state index in [1.165, 1.54) is 0 Å². The minimum atomic E-state index is -2.16. The monoisotopic (exact) mass is 467 g/mol. The molecule has 0 aromatic heterocycles. The molecule has 0 spiro atoms. The summed E-state index contributed by atoms with van der Waals surface area (Å²) in [6, 6.07) is 2.78. The second kappa shape index (κ2) is 10.4. The number of ether oxygens (including phenoxy) is 3. The van der Waals surface area contributed by atoms with Gasteiger partial charge in [-0.2, -0.15) is 0 Å². The molecule has 2 heterocycles. The molecule has 1 aliphatic carbocycles. The maximum Gasteiger partial charge on any atom is 0.306 e. The average Bonchev–Trinajstić information content (AvgIpc) is 3.07. The lowest BCUT2D eigenvalue weighted by molar-refractivity contribution is -0.178. The van der Waals surface area contributed by atoms with Crippen LogP contribution in [0.3, 0.4) is 0 Å². The van der Waals surface area contributed by atoms with E-state index < -0.39 is 31.9 Å². The van der Waals surface area contributed by atoms with Crippen molar-refractivity contribution >= 4 is 20.2 Å². The lowest BCUT2D eigenvalue weighted by Crippen LogP contribution is -2.63. The van der Waals surface area contributed by atoms with Crippen LogP contribution in [0.1, 0.15) is 73.1 Å². The van der Waals surface area contributed by atoms with Crippen molar-refractivity contribution in [3.63, 3.8) is 0 Å². The Balaban J connectivity index is 2.00. The molecule has 1 amide bonds. The number of rotatable bonds is 5. The Labute approximate surface area is 193 Å². The van der Waals surface area contributed by atoms with Crippen LogP contribution in [-0.4, -0.2) is 56.4 Å². The third-order valence-electron chi connectivity index (χ3n) is 7.24. The Morgan fingerprint density at radius 2 is 1.72 bits per heavy atom. The van der Waals surface area contributed by atoms with Crippen LogP contribution in [0.4, 0.5) is 0 Å². The van der Waals surface area contributed by atoms with E-state index >= 15 is 0 Å². The van der Waals surface area contributed by atoms with Gasteiger partial charge in [0.05, 0.1) is 6.10 Å². The number of carbonyl (C=O) groups is 2. The molecule has 0 radical (unpaired) electrons. The van der Waals surface area contributed by atoms with Gasteiger partial charge in [0.2, 0.25) is 0 Å². The first-order valence-electron chi connectivity index (χ1n) is 12.4. The Morgan fingerprint density at radius 1 is 1.03 bits per heavy atom. The molecule has 2 aliphatic heterocycles. The molecule has 7 nitrogen and oxygen atoms in total. The predicted octanol–water partition coefficient (Wildman–Crippen LogP) is 4.22. The summed E-state index contributed by atoms with van der Waals surface area (Å²) < 4.78 is 25.3. The smallest absolute Gasteiger partial charge is 0.306 e. The first-order valence-corrected chi connectivity index (χ1v) is 14.9. The quantitative estimate of drug-likeness (QED) is 0.370. The Bertz CT molecular complexity index is 698. The van der Waals surface area contributed by atoms with Crippen molar-refractivity contribution in [3.05, 3.63) is 12.2 Å². The normalized spacial score (nSPS) is 33.7. The molecule has 32 heavy (non-hydrogen) atoms. The van der Waals surface area contributed by atoms with Crippen molar-refractivity contribution in [1.82, 2.24) is 5.32 Å². The fraction of sp³-hybridized carbons (Fsp3) is 0.833. The van der Waals surface area contributed by atoms with E-state index in [4.69, 9.17) is 18.6 Å². The maximum absolute atomic E-state index is 13.7. The molecule has 3 aliphatic rings. The summed E-state index contributed by atoms with van der Waals surface area (Å²) in [6.45, 7) is 10.7. The number of fused-ring (bicyclic) bond motifs is 4. The lowest BCUT2D eigenvalue weighted by Gasteiger charge is -2.47. The Kier molecular flexibility index (Phi) is 8.23. The van der Waals surface area contributed by atoms with Crippen LogP contribution in [0.5, 0.6) is 0 Å². The summed E-state index contributed by atoms with van der Waals surface area (Å²) in [4.78, 5) is 26.4. The van der Waals surface area contributed by atoms with Crippen LogP contribution in [0.15, 0.2) is 12.2 Å². The number of amides is 1. The fourth-order valence-corrected chi connectivity index (χ4v) is 8.28. The molecule has 0 aromatic carbocycles. The molecule has 1 N–H and O–H groups in total. The molecule has 4 atom stereocenters. The zero-order chi connectivity index (χ0) is 23.4. The summed E-state index contributed by atoms with van der Waals surface area (Å²) in [5.41, 5.74) is -1.10. The minimum absolute atomic E-state index is 0.140. The number of carbonyl (C=O) groups excluding carboxylic acids is 2. The van der Waals surface area contributed by atoms with Gasteiger partial charge in [-0.15, -0.1) is 0 Å². The highest BCUT2D eigenvalue weighted by atomic mass is 28.4. The number of hydrogen-bond acceptors (Lipinski definition) is 6. The predicted molar refractivity (Wildman–Crippen MR) is 125 cm³/mol. The minimum Gasteiger partial charge on any atom is -0.459 e. The molecule has 3 rings (SSSR count). The topological polar surface area (TPSA) is 83.1 Å². The summed E-state index contributed by atoms with van der Waals surface area (Å²) >= 11 is 0. The molecular weight excluding hydrogens is 426 g/mol. The van der Waals surface area contributed by atoms with Gasteiger partial charge in [-0.3, -0.25) is 9.59 Å². The zero-order valence-corrected chi connectivity index (χ0v) is 21.4. The number of nitrogens with one attached hydrogen (secondary N) is 1. The molecule has 1 saturated carbocycles. The second-order valence-corrected chi connectivity index (χ2v) is 14.5. The standard InChI is InChI=1S/C24H41NO6Si/c1-6-32(7-2,8-3)31-24-16-18(21-19(17-24)29-23(4,5)30-21)28-20(26)14-12-10-9-11-13-15-25-22(24)27/h11,13,18-19,21H,6-10,12,14-17H2,1-5H3,(H,25,27)/t18?,19-,21+,24-/m1/s1. The van der Waals surface area contributed by atoms with Crippen molar-refractivity contribution in [2.24, 2.45) is 0 Å². The van der Waals surface area contributed by atoms with Gasteiger partial charge in [0.25, 0.3) is 5.91 Å². The van der Waals surface area contributed by atoms with Crippen molar-refractivity contribution in [1.29, 1.82) is 0 Å². The highest BCUT2D eigenvalue weighted by Gasteiger charge is 2.60. The molecule has 1 saturated heterocycles. The largest absolute Gasteiger partial charge is 0.459 e. The van der Waals surface area contributed by atoms with Gasteiger partial charge in [0, 0.05) is 25.8 Å². The average molecular weight is 468 g/mol. The van der Waals surface area contributed by atoms with Crippen LogP contribution in [0.25, 0.3) is 0 Å². The molecular formula is C24H41NO6Si. The van der Waals surface area contributed by atoms with Crippen molar-refractivity contribution in [2.75, 3.05) is 6.54 Å². The van der Waals surface area contributed by atoms with Crippen LogP contribution >= 0.6 is 0 Å². The SMILES string of the molecule is CC[Si](CC)(CC)O[C@@]12CC(OC(=O)CCCCC=CCNC1=O)[C@@H]1OC(C)(C)O[C@@H]1C2.